The number of halogens is 3. The first-order valence-electron chi connectivity index (χ1n) is 6.62. The standard InChI is InChI=1S/C12H19F3N2O2/c1-7-2-4-9(19-7)11(18)17-8-3-5-10(16-6-8)12(13,14)15/h7-10,16H,2-6H2,1H3,(H,17,18). The van der Waals surface area contributed by atoms with Gasteiger partial charge >= 0.3 is 6.18 Å². The normalized spacial score (nSPS) is 36.2. The number of carbonyl (C=O) groups is 1. The van der Waals surface area contributed by atoms with Gasteiger partial charge in [-0.25, -0.2) is 0 Å². The van der Waals surface area contributed by atoms with Crippen LogP contribution in [0.15, 0.2) is 0 Å². The van der Waals surface area contributed by atoms with E-state index in [1.807, 2.05) is 6.92 Å². The average molecular weight is 280 g/mol. The molecule has 0 saturated carbocycles. The van der Waals surface area contributed by atoms with Gasteiger partial charge in [-0.15, -0.1) is 0 Å². The van der Waals surface area contributed by atoms with Crippen molar-refractivity contribution in [1.29, 1.82) is 0 Å². The lowest BCUT2D eigenvalue weighted by molar-refractivity contribution is -0.161. The zero-order valence-corrected chi connectivity index (χ0v) is 10.8. The Morgan fingerprint density at radius 3 is 2.47 bits per heavy atom. The molecule has 4 nitrogen and oxygen atoms in total. The number of amides is 1. The van der Waals surface area contributed by atoms with E-state index in [-0.39, 0.29) is 31.0 Å². The van der Waals surface area contributed by atoms with Crippen LogP contribution in [-0.4, -0.2) is 42.9 Å². The summed E-state index contributed by atoms with van der Waals surface area (Å²) in [5.74, 6) is -0.207. The summed E-state index contributed by atoms with van der Waals surface area (Å²) >= 11 is 0. The number of piperidine rings is 1. The minimum absolute atomic E-state index is 0.00360. The third-order valence-electron chi connectivity index (χ3n) is 3.68. The smallest absolute Gasteiger partial charge is 0.365 e. The van der Waals surface area contributed by atoms with Crippen molar-refractivity contribution in [1.82, 2.24) is 10.6 Å². The highest BCUT2D eigenvalue weighted by molar-refractivity contribution is 5.81. The lowest BCUT2D eigenvalue weighted by atomic mass is 10.00. The highest BCUT2D eigenvalue weighted by atomic mass is 19.4. The first-order valence-corrected chi connectivity index (χ1v) is 6.62. The van der Waals surface area contributed by atoms with Crippen LogP contribution in [0.25, 0.3) is 0 Å². The summed E-state index contributed by atoms with van der Waals surface area (Å²) in [7, 11) is 0. The molecule has 2 aliphatic rings. The van der Waals surface area contributed by atoms with Gasteiger partial charge in [0.1, 0.15) is 12.1 Å². The van der Waals surface area contributed by atoms with Crippen molar-refractivity contribution in [2.24, 2.45) is 0 Å². The van der Waals surface area contributed by atoms with Crippen molar-refractivity contribution in [2.75, 3.05) is 6.54 Å². The van der Waals surface area contributed by atoms with E-state index >= 15 is 0 Å². The Bertz CT molecular complexity index is 327. The fourth-order valence-corrected chi connectivity index (χ4v) is 2.55. The van der Waals surface area contributed by atoms with Gasteiger partial charge in [0.05, 0.1) is 6.10 Å². The van der Waals surface area contributed by atoms with E-state index in [4.69, 9.17) is 4.74 Å². The number of rotatable bonds is 2. The number of alkyl halides is 3. The molecule has 4 unspecified atom stereocenters. The molecule has 2 N–H and O–H groups in total. The Balaban J connectivity index is 1.75. The Hall–Kier alpha value is -0.820. The van der Waals surface area contributed by atoms with E-state index in [9.17, 15) is 18.0 Å². The van der Waals surface area contributed by atoms with Gasteiger partial charge in [0, 0.05) is 12.6 Å². The van der Waals surface area contributed by atoms with E-state index in [0.29, 0.717) is 12.8 Å². The van der Waals surface area contributed by atoms with Gasteiger partial charge in [0.25, 0.3) is 0 Å². The van der Waals surface area contributed by atoms with E-state index < -0.39 is 18.3 Å². The maximum atomic E-state index is 12.4. The van der Waals surface area contributed by atoms with Crippen molar-refractivity contribution in [3.8, 4) is 0 Å². The lowest BCUT2D eigenvalue weighted by Crippen LogP contribution is -2.55. The van der Waals surface area contributed by atoms with Gasteiger partial charge in [-0.1, -0.05) is 0 Å². The number of ether oxygens (including phenoxy) is 1. The molecule has 4 atom stereocenters. The van der Waals surface area contributed by atoms with Crippen molar-refractivity contribution >= 4 is 5.91 Å². The second-order valence-corrected chi connectivity index (χ2v) is 5.30. The minimum atomic E-state index is -4.21. The molecule has 0 radical (unpaired) electrons. The molecule has 7 heteroatoms. The summed E-state index contributed by atoms with van der Waals surface area (Å²) in [5, 5.41) is 5.19. The fraction of sp³-hybridized carbons (Fsp3) is 0.917. The molecule has 2 heterocycles. The van der Waals surface area contributed by atoms with Crippen LogP contribution >= 0.6 is 0 Å². The average Bonchev–Trinajstić information content (AvgIpc) is 2.75. The molecule has 0 aliphatic carbocycles. The van der Waals surface area contributed by atoms with Gasteiger partial charge in [0.2, 0.25) is 5.91 Å². The van der Waals surface area contributed by atoms with Gasteiger partial charge in [-0.3, -0.25) is 4.79 Å². The molecule has 0 aromatic rings. The van der Waals surface area contributed by atoms with Gasteiger partial charge in [-0.05, 0) is 32.6 Å². The van der Waals surface area contributed by atoms with Crippen LogP contribution < -0.4 is 10.6 Å². The van der Waals surface area contributed by atoms with E-state index in [0.717, 1.165) is 6.42 Å². The molecule has 2 saturated heterocycles. The first-order chi connectivity index (χ1) is 8.86. The minimum Gasteiger partial charge on any atom is -0.365 e. The molecule has 2 fully saturated rings. The van der Waals surface area contributed by atoms with Crippen LogP contribution in [0, 0.1) is 0 Å². The van der Waals surface area contributed by atoms with Crippen LogP contribution in [0.1, 0.15) is 32.6 Å². The molecule has 0 spiro atoms. The van der Waals surface area contributed by atoms with Crippen LogP contribution in [0.3, 0.4) is 0 Å². The molecule has 19 heavy (non-hydrogen) atoms. The van der Waals surface area contributed by atoms with E-state index in [2.05, 4.69) is 10.6 Å². The van der Waals surface area contributed by atoms with Crippen LogP contribution in [0.5, 0.6) is 0 Å². The molecule has 1 amide bonds. The molecular weight excluding hydrogens is 261 g/mol. The topological polar surface area (TPSA) is 50.4 Å². The zero-order chi connectivity index (χ0) is 14.0. The Labute approximate surface area is 110 Å². The second-order valence-electron chi connectivity index (χ2n) is 5.30. The van der Waals surface area contributed by atoms with Gasteiger partial charge in [-0.2, -0.15) is 13.2 Å². The van der Waals surface area contributed by atoms with Crippen molar-refractivity contribution < 1.29 is 22.7 Å². The highest BCUT2D eigenvalue weighted by Crippen LogP contribution is 2.26. The number of hydrogen-bond acceptors (Lipinski definition) is 3. The largest absolute Gasteiger partial charge is 0.403 e. The van der Waals surface area contributed by atoms with E-state index in [1.54, 1.807) is 0 Å². The summed E-state index contributed by atoms with van der Waals surface area (Å²) < 4.78 is 42.8. The van der Waals surface area contributed by atoms with E-state index in [1.165, 1.54) is 0 Å². The second kappa shape index (κ2) is 5.66. The maximum absolute atomic E-state index is 12.4. The first kappa shape index (κ1) is 14.6. The Kier molecular flexibility index (Phi) is 4.35. The molecule has 2 rings (SSSR count). The van der Waals surface area contributed by atoms with Crippen molar-refractivity contribution in [2.45, 2.75) is 63.1 Å². The number of carbonyl (C=O) groups excluding carboxylic acids is 1. The Morgan fingerprint density at radius 1 is 1.26 bits per heavy atom. The van der Waals surface area contributed by atoms with Crippen molar-refractivity contribution in [3.05, 3.63) is 0 Å². The monoisotopic (exact) mass is 280 g/mol. The summed E-state index contributed by atoms with van der Waals surface area (Å²) in [4.78, 5) is 11.9. The molecule has 0 aromatic carbocycles. The molecule has 110 valence electrons. The van der Waals surface area contributed by atoms with Crippen molar-refractivity contribution in [3.63, 3.8) is 0 Å². The number of nitrogens with one attached hydrogen (secondary N) is 2. The summed E-state index contributed by atoms with van der Waals surface area (Å²) in [5.41, 5.74) is 0. The summed E-state index contributed by atoms with van der Waals surface area (Å²) in [6.07, 6.45) is -2.72. The molecular formula is C12H19F3N2O2. The molecule has 0 bridgehead atoms. The molecule has 0 aromatic heterocycles. The lowest BCUT2D eigenvalue weighted by Gasteiger charge is -2.32. The van der Waals surface area contributed by atoms with Crippen LogP contribution in [-0.2, 0) is 9.53 Å². The molecule has 2 aliphatic heterocycles. The predicted octanol–water partition coefficient (Wildman–Crippen LogP) is 1.35. The van der Waals surface area contributed by atoms with Crippen LogP contribution in [0.2, 0.25) is 0 Å². The zero-order valence-electron chi connectivity index (χ0n) is 10.8. The van der Waals surface area contributed by atoms with Gasteiger partial charge < -0.3 is 15.4 Å². The quantitative estimate of drug-likeness (QED) is 0.803. The summed E-state index contributed by atoms with van der Waals surface area (Å²) in [6, 6.07) is -1.70. The maximum Gasteiger partial charge on any atom is 0.403 e. The summed E-state index contributed by atoms with van der Waals surface area (Å²) in [6.45, 7) is 2.06. The Morgan fingerprint density at radius 2 is 2.00 bits per heavy atom. The third-order valence-corrected chi connectivity index (χ3v) is 3.68. The highest BCUT2D eigenvalue weighted by Gasteiger charge is 2.42. The predicted molar refractivity (Wildman–Crippen MR) is 62.6 cm³/mol. The fourth-order valence-electron chi connectivity index (χ4n) is 2.55. The van der Waals surface area contributed by atoms with Gasteiger partial charge in [0.15, 0.2) is 0 Å². The van der Waals surface area contributed by atoms with Crippen LogP contribution in [0.4, 0.5) is 13.2 Å². The number of hydrogen-bond donors (Lipinski definition) is 2. The SMILES string of the molecule is CC1CCC(C(=O)NC2CCC(C(F)(F)F)NC2)O1. The third kappa shape index (κ3) is 3.82.